The molecule has 74 valence electrons. The quantitative estimate of drug-likeness (QED) is 0.221. The van der Waals surface area contributed by atoms with Gasteiger partial charge in [-0.05, 0) is 44.3 Å². The van der Waals surface area contributed by atoms with Crippen LogP contribution in [0, 0.1) is 0 Å². The van der Waals surface area contributed by atoms with Crippen molar-refractivity contribution < 1.29 is 42.5 Å². The van der Waals surface area contributed by atoms with Gasteiger partial charge in [0.1, 0.15) is 9.15 Å². The number of unbranched alkanes of at least 4 members (excludes halogenated alkanes) is 1. The maximum Gasteiger partial charge on any atom is 1.00 e. The van der Waals surface area contributed by atoms with Gasteiger partial charge in [0.2, 0.25) is 0 Å². The van der Waals surface area contributed by atoms with Crippen LogP contribution in [0.4, 0.5) is 0 Å². The third kappa shape index (κ3) is 15.9. The van der Waals surface area contributed by atoms with Crippen molar-refractivity contribution in [3.05, 3.63) is 0 Å². The molecule has 0 fully saturated rings. The smallest absolute Gasteiger partial charge is 0.739 e. The van der Waals surface area contributed by atoms with Crippen molar-refractivity contribution in [2.75, 3.05) is 26.4 Å². The largest absolute Gasteiger partial charge is 1.00 e. The fraction of sp³-hybridized carbons (Fsp3) is 1.00. The number of nitrogens with zero attached hydrogens (tertiary/aromatic N) is 1. The molecule has 0 aliphatic heterocycles. The summed E-state index contributed by atoms with van der Waals surface area (Å²) in [5, 5.41) is 0. The number of rotatable bonds is 6. The van der Waals surface area contributed by atoms with E-state index in [1.54, 1.807) is 0 Å². The molecule has 0 aliphatic carbocycles. The third-order valence-electron chi connectivity index (χ3n) is 1.23. The molecule has 0 aliphatic rings. The first-order valence-electron chi connectivity index (χ1n) is 3.67. The Morgan fingerprint density at radius 3 is 2.23 bits per heavy atom. The maximum atomic E-state index is 10.1. The first kappa shape index (κ1) is 16.6. The standard InChI is InChI=1S/C6H15NO3S2.Na/c1-7(2)5-3-4-6-11-12(8,9)10;/h3-6H2,1-2H3,(H,8,9,10);/q;+1/p-1. The molecule has 0 rings (SSSR count). The van der Waals surface area contributed by atoms with Gasteiger partial charge in [-0.1, -0.05) is 0 Å². The number of hydrogen-bond donors (Lipinski definition) is 0. The minimum Gasteiger partial charge on any atom is -0.739 e. The van der Waals surface area contributed by atoms with E-state index in [0.29, 0.717) is 16.5 Å². The molecule has 0 saturated carbocycles. The van der Waals surface area contributed by atoms with E-state index in [2.05, 4.69) is 0 Å². The Hall–Kier alpha value is 1.22. The molecule has 0 atom stereocenters. The average Bonchev–Trinajstić information content (AvgIpc) is 1.83. The van der Waals surface area contributed by atoms with Gasteiger partial charge >= 0.3 is 29.6 Å². The van der Waals surface area contributed by atoms with Crippen LogP contribution in [0.25, 0.3) is 0 Å². The van der Waals surface area contributed by atoms with Crippen LogP contribution in [-0.4, -0.2) is 44.3 Å². The van der Waals surface area contributed by atoms with Gasteiger partial charge in [0.25, 0.3) is 0 Å². The van der Waals surface area contributed by atoms with Crippen LogP contribution in [0.5, 0.6) is 0 Å². The third-order valence-corrected chi connectivity index (χ3v) is 3.34. The van der Waals surface area contributed by atoms with Crippen LogP contribution in [-0.2, 0) is 9.15 Å². The van der Waals surface area contributed by atoms with Gasteiger partial charge in [0.05, 0.1) is 0 Å². The van der Waals surface area contributed by atoms with Crippen molar-refractivity contribution in [1.82, 2.24) is 4.90 Å². The fourth-order valence-electron chi connectivity index (χ4n) is 0.691. The van der Waals surface area contributed by atoms with Gasteiger partial charge in [0, 0.05) is 5.75 Å². The molecule has 0 heterocycles. The van der Waals surface area contributed by atoms with Crippen LogP contribution in [0.2, 0.25) is 0 Å². The second kappa shape index (κ2) is 8.52. The summed E-state index contributed by atoms with van der Waals surface area (Å²) >= 11 is 0. The van der Waals surface area contributed by atoms with E-state index in [1.807, 2.05) is 19.0 Å². The summed E-state index contributed by atoms with van der Waals surface area (Å²) in [4.78, 5) is 2.02. The summed E-state index contributed by atoms with van der Waals surface area (Å²) in [6.07, 6.45) is 1.69. The van der Waals surface area contributed by atoms with Crippen molar-refractivity contribution in [3.8, 4) is 0 Å². The summed E-state index contributed by atoms with van der Waals surface area (Å²) in [5.74, 6) is 0.402. The topological polar surface area (TPSA) is 60.4 Å². The fourth-order valence-corrected chi connectivity index (χ4v) is 2.18. The minimum atomic E-state index is -4.07. The van der Waals surface area contributed by atoms with Gasteiger partial charge in [-0.2, -0.15) is 0 Å². The van der Waals surface area contributed by atoms with Crippen molar-refractivity contribution in [1.29, 1.82) is 0 Å². The van der Waals surface area contributed by atoms with E-state index >= 15 is 0 Å². The molecule has 0 unspecified atom stereocenters. The Bertz CT molecular complexity index is 206. The van der Waals surface area contributed by atoms with Gasteiger partial charge < -0.3 is 9.45 Å². The van der Waals surface area contributed by atoms with Crippen LogP contribution >= 0.6 is 10.8 Å². The Kier molecular flexibility index (Phi) is 10.9. The zero-order chi connectivity index (χ0) is 9.61. The molecule has 13 heavy (non-hydrogen) atoms. The molecule has 0 bridgehead atoms. The zero-order valence-corrected chi connectivity index (χ0v) is 11.9. The Labute approximate surface area is 106 Å². The summed E-state index contributed by atoms with van der Waals surface area (Å²) in [6.45, 7) is 0.930. The van der Waals surface area contributed by atoms with Crippen LogP contribution in [0.15, 0.2) is 0 Å². The van der Waals surface area contributed by atoms with Crippen molar-refractivity contribution in [2.24, 2.45) is 0 Å². The van der Waals surface area contributed by atoms with E-state index in [0.717, 1.165) is 19.4 Å². The molecule has 0 aromatic heterocycles. The van der Waals surface area contributed by atoms with Crippen molar-refractivity contribution in [2.45, 2.75) is 12.8 Å². The monoisotopic (exact) mass is 235 g/mol. The predicted molar refractivity (Wildman–Crippen MR) is 49.9 cm³/mol. The van der Waals surface area contributed by atoms with Gasteiger partial charge in [0.15, 0.2) is 0 Å². The number of hydrogen-bond acceptors (Lipinski definition) is 5. The summed E-state index contributed by atoms with van der Waals surface area (Å²) in [5.41, 5.74) is 0. The first-order valence-corrected chi connectivity index (χ1v) is 6.58. The summed E-state index contributed by atoms with van der Waals surface area (Å²) in [6, 6.07) is 0. The molecule has 0 amide bonds. The second-order valence-electron chi connectivity index (χ2n) is 2.74. The van der Waals surface area contributed by atoms with Gasteiger partial charge in [-0.25, -0.2) is 8.42 Å². The molecule has 0 aromatic carbocycles. The second-order valence-corrected chi connectivity index (χ2v) is 6.13. The average molecular weight is 235 g/mol. The maximum absolute atomic E-state index is 10.1. The Balaban J connectivity index is 0. The molecule has 0 saturated heterocycles. The van der Waals surface area contributed by atoms with Gasteiger partial charge in [-0.3, -0.25) is 0 Å². The van der Waals surface area contributed by atoms with E-state index in [1.165, 1.54) is 0 Å². The van der Waals surface area contributed by atoms with Crippen LogP contribution in [0.1, 0.15) is 12.8 Å². The van der Waals surface area contributed by atoms with E-state index in [-0.39, 0.29) is 29.6 Å². The summed E-state index contributed by atoms with van der Waals surface area (Å²) in [7, 11) is 0.323. The molecular formula is C6H14NNaO3S2. The molecular weight excluding hydrogens is 221 g/mol. The van der Waals surface area contributed by atoms with Crippen molar-refractivity contribution >= 4 is 19.9 Å². The SMILES string of the molecule is CN(C)CCCCSS(=O)(=O)[O-].[Na+]. The molecule has 0 aromatic rings. The minimum absolute atomic E-state index is 0. The van der Waals surface area contributed by atoms with Gasteiger partial charge in [-0.15, -0.1) is 0 Å². The summed E-state index contributed by atoms with van der Waals surface area (Å²) < 4.78 is 30.4. The normalized spacial score (nSPS) is 11.4. The van der Waals surface area contributed by atoms with Crippen LogP contribution in [0.3, 0.4) is 0 Å². The Morgan fingerprint density at radius 1 is 1.31 bits per heavy atom. The molecule has 0 N–H and O–H groups in total. The van der Waals surface area contributed by atoms with Crippen molar-refractivity contribution in [3.63, 3.8) is 0 Å². The first-order chi connectivity index (χ1) is 5.42. The van der Waals surface area contributed by atoms with Crippen LogP contribution < -0.4 is 29.6 Å². The van der Waals surface area contributed by atoms with E-state index in [9.17, 15) is 13.0 Å². The molecule has 0 radical (unpaired) electrons. The van der Waals surface area contributed by atoms with E-state index < -0.39 is 9.15 Å². The molecule has 4 nitrogen and oxygen atoms in total. The van der Waals surface area contributed by atoms with E-state index in [4.69, 9.17) is 0 Å². The molecule has 7 heteroatoms. The Morgan fingerprint density at radius 2 is 1.85 bits per heavy atom. The predicted octanol–water partition coefficient (Wildman–Crippen LogP) is -2.47. The molecule has 0 spiro atoms. The zero-order valence-electron chi connectivity index (χ0n) is 8.32.